The molecule has 3 heteroatoms. The second kappa shape index (κ2) is 13.4. The van der Waals surface area contributed by atoms with Crippen molar-refractivity contribution in [3.63, 3.8) is 0 Å². The predicted molar refractivity (Wildman–Crippen MR) is 78.2 cm³/mol. The van der Waals surface area contributed by atoms with Crippen LogP contribution in [0.5, 0.6) is 0 Å². The van der Waals surface area contributed by atoms with Gasteiger partial charge in [-0.25, -0.2) is 0 Å². The second-order valence-electron chi connectivity index (χ2n) is 4.03. The molecule has 0 rings (SSSR count). The Hall–Kier alpha value is 0.370. The zero-order valence-electron chi connectivity index (χ0n) is 10.8. The molecule has 0 atom stereocenters. The summed E-state index contributed by atoms with van der Waals surface area (Å²) in [6.07, 6.45) is 9.21. The molecule has 1 nitrogen and oxygen atoms in total. The standard InChI is InChI=1S/C13H26OS2/c1-3-5-6-7-8-9-10-13(14)11-12-16-15-4-2/h3-12H2,1-2H3. The van der Waals surface area contributed by atoms with Crippen LogP contribution in [0.3, 0.4) is 0 Å². The van der Waals surface area contributed by atoms with Gasteiger partial charge < -0.3 is 0 Å². The SMILES string of the molecule is CCCCCCCCC(=O)CCSSCC. The lowest BCUT2D eigenvalue weighted by Gasteiger charge is -2.01. The summed E-state index contributed by atoms with van der Waals surface area (Å²) >= 11 is 0. The van der Waals surface area contributed by atoms with Crippen LogP contribution in [0.15, 0.2) is 0 Å². The van der Waals surface area contributed by atoms with Crippen molar-refractivity contribution in [2.24, 2.45) is 0 Å². The molecule has 0 unspecified atom stereocenters. The van der Waals surface area contributed by atoms with Gasteiger partial charge in [-0.3, -0.25) is 4.79 Å². The van der Waals surface area contributed by atoms with Crippen LogP contribution in [-0.2, 0) is 4.79 Å². The smallest absolute Gasteiger partial charge is 0.133 e. The van der Waals surface area contributed by atoms with E-state index in [0.717, 1.165) is 30.8 Å². The Labute approximate surface area is 109 Å². The molecule has 0 aromatic rings. The minimum Gasteiger partial charge on any atom is -0.300 e. The highest BCUT2D eigenvalue weighted by molar-refractivity contribution is 8.76. The number of unbranched alkanes of at least 4 members (excludes halogenated alkanes) is 5. The number of ketones is 1. The quantitative estimate of drug-likeness (QED) is 0.360. The van der Waals surface area contributed by atoms with Crippen LogP contribution in [0.2, 0.25) is 0 Å². The van der Waals surface area contributed by atoms with Crippen LogP contribution < -0.4 is 0 Å². The van der Waals surface area contributed by atoms with Crippen molar-refractivity contribution in [2.75, 3.05) is 11.5 Å². The fourth-order valence-electron chi connectivity index (χ4n) is 1.53. The molecule has 0 saturated heterocycles. The van der Waals surface area contributed by atoms with Crippen LogP contribution in [0.1, 0.15) is 65.2 Å². The Morgan fingerprint density at radius 1 is 0.875 bits per heavy atom. The van der Waals surface area contributed by atoms with Crippen LogP contribution in [0.4, 0.5) is 0 Å². The first-order valence-corrected chi connectivity index (χ1v) is 9.06. The molecule has 0 aliphatic carbocycles. The summed E-state index contributed by atoms with van der Waals surface area (Å²) in [5.74, 6) is 2.59. The van der Waals surface area contributed by atoms with Gasteiger partial charge in [0.15, 0.2) is 0 Å². The molecular formula is C13H26OS2. The topological polar surface area (TPSA) is 17.1 Å². The molecule has 0 N–H and O–H groups in total. The van der Waals surface area contributed by atoms with Crippen LogP contribution in [-0.4, -0.2) is 17.3 Å². The lowest BCUT2D eigenvalue weighted by molar-refractivity contribution is -0.118. The van der Waals surface area contributed by atoms with Gasteiger partial charge in [0.1, 0.15) is 5.78 Å². The molecule has 16 heavy (non-hydrogen) atoms. The van der Waals surface area contributed by atoms with Crippen molar-refractivity contribution < 1.29 is 4.79 Å². The maximum absolute atomic E-state index is 11.5. The molecule has 0 spiro atoms. The lowest BCUT2D eigenvalue weighted by atomic mass is 10.1. The van der Waals surface area contributed by atoms with E-state index in [0.29, 0.717) is 5.78 Å². The van der Waals surface area contributed by atoms with E-state index in [2.05, 4.69) is 13.8 Å². The molecule has 96 valence electrons. The van der Waals surface area contributed by atoms with E-state index in [1.54, 1.807) is 0 Å². The first-order valence-electron chi connectivity index (χ1n) is 6.57. The Balaban J connectivity index is 3.11. The van der Waals surface area contributed by atoms with Crippen LogP contribution in [0.25, 0.3) is 0 Å². The van der Waals surface area contributed by atoms with Crippen LogP contribution >= 0.6 is 21.6 Å². The number of carbonyl (C=O) groups is 1. The lowest BCUT2D eigenvalue weighted by Crippen LogP contribution is -1.98. The number of rotatable bonds is 12. The molecule has 0 amide bonds. The molecule has 0 saturated carbocycles. The average molecular weight is 262 g/mol. The van der Waals surface area contributed by atoms with E-state index in [1.165, 1.54) is 32.1 Å². The summed E-state index contributed by atoms with van der Waals surface area (Å²) in [7, 11) is 3.68. The van der Waals surface area contributed by atoms with E-state index < -0.39 is 0 Å². The van der Waals surface area contributed by atoms with E-state index in [-0.39, 0.29) is 0 Å². The fraction of sp³-hybridized carbons (Fsp3) is 0.923. The van der Waals surface area contributed by atoms with Gasteiger partial charge in [0.05, 0.1) is 0 Å². The molecule has 0 aromatic heterocycles. The number of Topliss-reactive ketones (excluding diaryl/α,β-unsaturated/α-hetero) is 1. The van der Waals surface area contributed by atoms with Gasteiger partial charge in [-0.1, -0.05) is 67.5 Å². The van der Waals surface area contributed by atoms with E-state index in [4.69, 9.17) is 0 Å². The third kappa shape index (κ3) is 12.4. The Morgan fingerprint density at radius 2 is 1.56 bits per heavy atom. The first kappa shape index (κ1) is 16.4. The summed E-state index contributed by atoms with van der Waals surface area (Å²) in [6, 6.07) is 0. The fourth-order valence-corrected chi connectivity index (χ4v) is 3.22. The largest absolute Gasteiger partial charge is 0.300 e. The third-order valence-electron chi connectivity index (χ3n) is 2.47. The Morgan fingerprint density at radius 3 is 2.25 bits per heavy atom. The highest BCUT2D eigenvalue weighted by atomic mass is 33.1. The minimum absolute atomic E-state index is 0.458. The predicted octanol–water partition coefficient (Wildman–Crippen LogP) is 5.10. The molecule has 0 aliphatic rings. The van der Waals surface area contributed by atoms with Crippen molar-refractivity contribution in [1.82, 2.24) is 0 Å². The van der Waals surface area contributed by atoms with Gasteiger partial charge in [-0.15, -0.1) is 0 Å². The number of hydrogen-bond acceptors (Lipinski definition) is 3. The molecule has 0 radical (unpaired) electrons. The summed E-state index contributed by atoms with van der Waals surface area (Å²) in [4.78, 5) is 11.5. The molecule has 0 heterocycles. The molecule has 0 fully saturated rings. The van der Waals surface area contributed by atoms with Crippen molar-refractivity contribution in [2.45, 2.75) is 65.2 Å². The van der Waals surface area contributed by atoms with Crippen molar-refractivity contribution in [3.8, 4) is 0 Å². The van der Waals surface area contributed by atoms with Crippen molar-refractivity contribution in [3.05, 3.63) is 0 Å². The van der Waals surface area contributed by atoms with Crippen molar-refractivity contribution in [1.29, 1.82) is 0 Å². The van der Waals surface area contributed by atoms with E-state index in [9.17, 15) is 4.79 Å². The zero-order chi connectivity index (χ0) is 12.1. The van der Waals surface area contributed by atoms with Gasteiger partial charge in [-0.05, 0) is 6.42 Å². The molecule has 0 aromatic carbocycles. The van der Waals surface area contributed by atoms with Gasteiger partial charge >= 0.3 is 0 Å². The van der Waals surface area contributed by atoms with E-state index in [1.807, 2.05) is 21.6 Å². The second-order valence-corrected chi connectivity index (χ2v) is 6.91. The highest BCUT2D eigenvalue weighted by Crippen LogP contribution is 2.21. The van der Waals surface area contributed by atoms with Gasteiger partial charge in [0, 0.05) is 24.3 Å². The average Bonchev–Trinajstić information content (AvgIpc) is 2.29. The monoisotopic (exact) mass is 262 g/mol. The third-order valence-corrected chi connectivity index (χ3v) is 4.95. The highest BCUT2D eigenvalue weighted by Gasteiger charge is 2.01. The molecule has 0 bridgehead atoms. The Kier molecular flexibility index (Phi) is 13.7. The summed E-state index contributed by atoms with van der Waals surface area (Å²) in [5, 5.41) is 0. The molecular weight excluding hydrogens is 236 g/mol. The normalized spacial score (nSPS) is 10.6. The Bertz CT molecular complexity index is 160. The number of hydrogen-bond donors (Lipinski definition) is 0. The minimum atomic E-state index is 0.458. The summed E-state index contributed by atoms with van der Waals surface area (Å²) < 4.78 is 0. The van der Waals surface area contributed by atoms with Crippen LogP contribution in [0, 0.1) is 0 Å². The molecule has 0 aliphatic heterocycles. The maximum atomic E-state index is 11.5. The zero-order valence-corrected chi connectivity index (χ0v) is 12.4. The van der Waals surface area contributed by atoms with Gasteiger partial charge in [0.25, 0.3) is 0 Å². The maximum Gasteiger partial charge on any atom is 0.133 e. The first-order chi connectivity index (χ1) is 7.81. The number of carbonyl (C=O) groups excluding carboxylic acids is 1. The van der Waals surface area contributed by atoms with Crippen molar-refractivity contribution >= 4 is 27.4 Å². The summed E-state index contributed by atoms with van der Waals surface area (Å²) in [5.41, 5.74) is 0. The van der Waals surface area contributed by atoms with Gasteiger partial charge in [-0.2, -0.15) is 0 Å². The van der Waals surface area contributed by atoms with Gasteiger partial charge in [0.2, 0.25) is 0 Å². The van der Waals surface area contributed by atoms with E-state index >= 15 is 0 Å². The summed E-state index contributed by atoms with van der Waals surface area (Å²) in [6.45, 7) is 4.38.